The highest BCUT2D eigenvalue weighted by Crippen LogP contribution is 2.22. The van der Waals surface area contributed by atoms with Crippen molar-refractivity contribution in [2.45, 2.75) is 52.7 Å². The van der Waals surface area contributed by atoms with Crippen LogP contribution in [0.2, 0.25) is 5.02 Å². The van der Waals surface area contributed by atoms with Crippen molar-refractivity contribution in [2.75, 3.05) is 19.5 Å². The molecule has 0 atom stereocenters. The van der Waals surface area contributed by atoms with Crippen LogP contribution in [0.25, 0.3) is 0 Å². The topological polar surface area (TPSA) is 97.1 Å². The summed E-state index contributed by atoms with van der Waals surface area (Å²) in [5.74, 6) is 4.49. The number of carbonyl (C=O) groups excluding carboxylic acids is 2. The molecule has 0 aliphatic rings. The molecule has 0 saturated heterocycles. The van der Waals surface area contributed by atoms with Crippen molar-refractivity contribution in [3.05, 3.63) is 29.0 Å². The first-order chi connectivity index (χ1) is 12.5. The van der Waals surface area contributed by atoms with Crippen LogP contribution in [0.1, 0.15) is 41.5 Å². The maximum absolute atomic E-state index is 13.6. The van der Waals surface area contributed by atoms with Crippen LogP contribution >= 0.6 is 11.6 Å². The van der Waals surface area contributed by atoms with Crippen LogP contribution in [0.4, 0.5) is 19.7 Å². The average Bonchev–Trinajstić information content (AvgIpc) is 2.49. The lowest BCUT2D eigenvalue weighted by Crippen LogP contribution is -2.38. The number of hydrogen-bond acceptors (Lipinski definition) is 6. The fourth-order valence-corrected chi connectivity index (χ4v) is 1.66. The van der Waals surface area contributed by atoms with Gasteiger partial charge in [-0.05, 0) is 53.7 Å². The first-order valence-electron chi connectivity index (χ1n) is 8.42. The maximum Gasteiger partial charge on any atom is 0.428 e. The number of anilines is 1. The van der Waals surface area contributed by atoms with Crippen LogP contribution in [0, 0.1) is 5.82 Å². The Balaban J connectivity index is 0.000000621. The standard InChI is InChI=1S/C12H16ClFN2O2.C6H14N2O2/c1-12(2,3)18-11(17)16(4)15-9-7-5-6-8(13)10(9)14;1-6(2,3)10-5(9)8(4)7/h5-7,15H,1-4H3;7H2,1-4H3. The van der Waals surface area contributed by atoms with E-state index in [9.17, 15) is 14.0 Å². The predicted molar refractivity (Wildman–Crippen MR) is 107 cm³/mol. The molecule has 1 aromatic rings. The molecule has 0 aliphatic carbocycles. The van der Waals surface area contributed by atoms with E-state index in [-0.39, 0.29) is 10.7 Å². The highest BCUT2D eigenvalue weighted by molar-refractivity contribution is 6.31. The lowest BCUT2D eigenvalue weighted by molar-refractivity contribution is 0.0295. The zero-order valence-corrected chi connectivity index (χ0v) is 18.3. The van der Waals surface area contributed by atoms with Crippen LogP contribution in [0.15, 0.2) is 18.2 Å². The summed E-state index contributed by atoms with van der Waals surface area (Å²) < 4.78 is 23.6. The van der Waals surface area contributed by atoms with Crippen LogP contribution in [0.5, 0.6) is 0 Å². The largest absolute Gasteiger partial charge is 0.443 e. The molecule has 2 amide bonds. The van der Waals surface area contributed by atoms with Gasteiger partial charge in [0.25, 0.3) is 0 Å². The average molecular weight is 421 g/mol. The summed E-state index contributed by atoms with van der Waals surface area (Å²) in [6.07, 6.45) is -1.13. The number of ether oxygens (including phenoxy) is 2. The number of benzene rings is 1. The molecule has 0 bridgehead atoms. The summed E-state index contributed by atoms with van der Waals surface area (Å²) >= 11 is 5.63. The first-order valence-corrected chi connectivity index (χ1v) is 8.80. The highest BCUT2D eigenvalue weighted by Gasteiger charge is 2.20. The Bertz CT molecular complexity index is 673. The normalized spacial score (nSPS) is 11.0. The number of nitrogens with one attached hydrogen (secondary N) is 1. The molecule has 0 unspecified atom stereocenters. The van der Waals surface area contributed by atoms with E-state index in [1.807, 2.05) is 0 Å². The SMILES string of the molecule is CN(N)C(=O)OC(C)(C)C.CN(Nc1cccc(Cl)c1F)C(=O)OC(C)(C)C. The van der Waals surface area contributed by atoms with Crippen molar-refractivity contribution in [1.29, 1.82) is 0 Å². The van der Waals surface area contributed by atoms with E-state index in [2.05, 4.69) is 5.43 Å². The molecule has 0 fully saturated rings. The molecule has 0 spiro atoms. The van der Waals surface area contributed by atoms with E-state index in [0.29, 0.717) is 0 Å². The molecule has 0 saturated carbocycles. The third kappa shape index (κ3) is 10.8. The van der Waals surface area contributed by atoms with E-state index < -0.39 is 29.2 Å². The lowest BCUT2D eigenvalue weighted by atomic mass is 10.2. The van der Waals surface area contributed by atoms with Gasteiger partial charge in [0.1, 0.15) is 11.2 Å². The third-order valence-electron chi connectivity index (χ3n) is 2.59. The molecule has 1 aromatic carbocycles. The van der Waals surface area contributed by atoms with E-state index in [1.54, 1.807) is 47.6 Å². The second-order valence-electron chi connectivity index (χ2n) is 7.84. The molecule has 0 aliphatic heterocycles. The van der Waals surface area contributed by atoms with Crippen molar-refractivity contribution in [2.24, 2.45) is 5.84 Å². The molecular formula is C18H30ClFN4O4. The van der Waals surface area contributed by atoms with Crippen LogP contribution in [-0.2, 0) is 9.47 Å². The number of amides is 2. The van der Waals surface area contributed by atoms with Crippen LogP contribution < -0.4 is 11.3 Å². The monoisotopic (exact) mass is 420 g/mol. The Hall–Kier alpha value is -2.26. The van der Waals surface area contributed by atoms with Gasteiger partial charge in [0.2, 0.25) is 0 Å². The lowest BCUT2D eigenvalue weighted by Gasteiger charge is -2.25. The van der Waals surface area contributed by atoms with E-state index in [0.717, 1.165) is 10.0 Å². The zero-order valence-electron chi connectivity index (χ0n) is 17.6. The Morgan fingerprint density at radius 3 is 1.89 bits per heavy atom. The molecule has 0 heterocycles. The zero-order chi connectivity index (χ0) is 22.3. The molecule has 3 N–H and O–H groups in total. The summed E-state index contributed by atoms with van der Waals surface area (Å²) in [4.78, 5) is 22.4. The maximum atomic E-state index is 13.6. The number of hydrogen-bond donors (Lipinski definition) is 2. The summed E-state index contributed by atoms with van der Waals surface area (Å²) in [5, 5.41) is 1.95. The van der Waals surface area contributed by atoms with Crippen molar-refractivity contribution in [3.8, 4) is 0 Å². The second kappa shape index (κ2) is 10.3. The minimum absolute atomic E-state index is 0.0161. The minimum Gasteiger partial charge on any atom is -0.443 e. The molecule has 1 rings (SSSR count). The highest BCUT2D eigenvalue weighted by atomic mass is 35.5. The summed E-state index contributed by atoms with van der Waals surface area (Å²) in [7, 11) is 2.88. The van der Waals surface area contributed by atoms with Crippen molar-refractivity contribution < 1.29 is 23.5 Å². The van der Waals surface area contributed by atoms with Gasteiger partial charge < -0.3 is 9.47 Å². The van der Waals surface area contributed by atoms with E-state index >= 15 is 0 Å². The Kier molecular flexibility index (Phi) is 9.50. The molecular weight excluding hydrogens is 391 g/mol. The Morgan fingerprint density at radius 2 is 1.50 bits per heavy atom. The minimum atomic E-state index is -0.616. The Labute approximate surface area is 170 Å². The van der Waals surface area contributed by atoms with Gasteiger partial charge in [-0.3, -0.25) is 5.43 Å². The second-order valence-corrected chi connectivity index (χ2v) is 8.25. The van der Waals surface area contributed by atoms with Gasteiger partial charge in [-0.25, -0.2) is 29.8 Å². The number of halogens is 2. The van der Waals surface area contributed by atoms with Crippen molar-refractivity contribution >= 4 is 29.5 Å². The van der Waals surface area contributed by atoms with Gasteiger partial charge in [-0.1, -0.05) is 17.7 Å². The number of nitrogens with zero attached hydrogens (tertiary/aromatic N) is 2. The molecule has 0 aromatic heterocycles. The molecule has 160 valence electrons. The van der Waals surface area contributed by atoms with E-state index in [1.165, 1.54) is 26.2 Å². The van der Waals surface area contributed by atoms with Gasteiger partial charge in [0, 0.05) is 14.1 Å². The first kappa shape index (κ1) is 25.7. The number of nitrogens with two attached hydrogens (primary N) is 1. The van der Waals surface area contributed by atoms with Gasteiger partial charge >= 0.3 is 12.2 Å². The van der Waals surface area contributed by atoms with Crippen LogP contribution in [0.3, 0.4) is 0 Å². The molecule has 0 radical (unpaired) electrons. The number of hydrazine groups is 2. The summed E-state index contributed by atoms with van der Waals surface area (Å²) in [6.45, 7) is 10.6. The third-order valence-corrected chi connectivity index (χ3v) is 2.88. The fraction of sp³-hybridized carbons (Fsp3) is 0.556. The number of rotatable bonds is 2. The summed E-state index contributed by atoms with van der Waals surface area (Å²) in [5.41, 5.74) is 1.60. The van der Waals surface area contributed by atoms with Gasteiger partial charge in [-0.15, -0.1) is 0 Å². The predicted octanol–water partition coefficient (Wildman–Crippen LogP) is 4.40. The molecule has 10 heteroatoms. The van der Waals surface area contributed by atoms with Crippen molar-refractivity contribution in [3.63, 3.8) is 0 Å². The van der Waals surface area contributed by atoms with Crippen LogP contribution in [-0.4, -0.2) is 47.5 Å². The van der Waals surface area contributed by atoms with Gasteiger partial charge in [0.15, 0.2) is 5.82 Å². The smallest absolute Gasteiger partial charge is 0.428 e. The van der Waals surface area contributed by atoms with Gasteiger partial charge in [-0.2, -0.15) is 0 Å². The van der Waals surface area contributed by atoms with Crippen molar-refractivity contribution in [1.82, 2.24) is 10.0 Å². The number of carbonyl (C=O) groups is 2. The summed E-state index contributed by atoms with van der Waals surface area (Å²) in [6, 6.07) is 4.48. The van der Waals surface area contributed by atoms with Gasteiger partial charge in [0.05, 0.1) is 10.7 Å². The fourth-order valence-electron chi connectivity index (χ4n) is 1.48. The molecule has 28 heavy (non-hydrogen) atoms. The Morgan fingerprint density at radius 1 is 1.04 bits per heavy atom. The van der Waals surface area contributed by atoms with E-state index in [4.69, 9.17) is 26.9 Å². The molecule has 8 nitrogen and oxygen atoms in total. The quantitative estimate of drug-likeness (QED) is 0.418.